The van der Waals surface area contributed by atoms with E-state index in [2.05, 4.69) is 28.7 Å². The first-order valence-electron chi connectivity index (χ1n) is 13.0. The molecule has 7 heteroatoms. The number of carbonyl (C=O) groups excluding carboxylic acids is 1. The largest absolute Gasteiger partial charge is 0.493 e. The van der Waals surface area contributed by atoms with Gasteiger partial charge in [-0.25, -0.2) is 14.4 Å². The van der Waals surface area contributed by atoms with Gasteiger partial charge in [0.15, 0.2) is 0 Å². The molecule has 3 heterocycles. The molecular weight excluding hydrogens is 443 g/mol. The zero-order valence-corrected chi connectivity index (χ0v) is 21.2. The van der Waals surface area contributed by atoms with Gasteiger partial charge in [-0.3, -0.25) is 4.79 Å². The van der Waals surface area contributed by atoms with Gasteiger partial charge in [-0.1, -0.05) is 19.9 Å². The molecule has 1 saturated carbocycles. The smallest absolute Gasteiger partial charge is 0.227 e. The van der Waals surface area contributed by atoms with E-state index in [0.29, 0.717) is 23.8 Å². The molecule has 0 bridgehead atoms. The van der Waals surface area contributed by atoms with Crippen molar-refractivity contribution >= 4 is 11.9 Å². The molecular formula is C28H37FN4O2. The fourth-order valence-electron chi connectivity index (χ4n) is 5.78. The number of aromatic nitrogens is 2. The van der Waals surface area contributed by atoms with Gasteiger partial charge >= 0.3 is 0 Å². The third-order valence-corrected chi connectivity index (χ3v) is 7.89. The summed E-state index contributed by atoms with van der Waals surface area (Å²) in [5.74, 6) is 3.31. The van der Waals surface area contributed by atoms with Gasteiger partial charge in [-0.2, -0.15) is 0 Å². The minimum Gasteiger partial charge on any atom is -0.493 e. The highest BCUT2D eigenvalue weighted by Gasteiger charge is 2.43. The van der Waals surface area contributed by atoms with E-state index >= 15 is 0 Å². The number of nitrogens with zero attached hydrogens (tertiary/aromatic N) is 4. The van der Waals surface area contributed by atoms with Crippen LogP contribution in [-0.4, -0.2) is 53.6 Å². The van der Waals surface area contributed by atoms with E-state index in [4.69, 9.17) is 4.74 Å². The van der Waals surface area contributed by atoms with Crippen LogP contribution in [0, 0.1) is 35.9 Å². The van der Waals surface area contributed by atoms with Crippen molar-refractivity contribution in [1.82, 2.24) is 14.9 Å². The van der Waals surface area contributed by atoms with E-state index in [-0.39, 0.29) is 23.6 Å². The molecule has 0 unspecified atom stereocenters. The lowest BCUT2D eigenvalue weighted by Gasteiger charge is -2.45. The van der Waals surface area contributed by atoms with Gasteiger partial charge in [0.2, 0.25) is 11.9 Å². The van der Waals surface area contributed by atoms with Crippen molar-refractivity contribution in [2.24, 2.45) is 23.2 Å². The third-order valence-electron chi connectivity index (χ3n) is 7.89. The number of rotatable bonds is 8. The van der Waals surface area contributed by atoms with Crippen LogP contribution in [0.3, 0.4) is 0 Å². The Balaban J connectivity index is 1.02. The standard InChI is InChI=1S/C28H37FN4O2/c1-19-15-30-27(31-16-19)32-9-6-20(7-10-32)24-12-21(24)8-11-35-23-5-4-22(25(29)14-23)13-26(34)33-17-28(2,3)18-33/h4-5,14-16,20-21,24H,6-13,17-18H2,1-3H3/t21-,24-/m1/s1. The predicted octanol–water partition coefficient (Wildman–Crippen LogP) is 4.66. The molecule has 3 fully saturated rings. The number of piperidine rings is 1. The van der Waals surface area contributed by atoms with Gasteiger partial charge in [0.25, 0.3) is 0 Å². The van der Waals surface area contributed by atoms with Crippen LogP contribution in [0.5, 0.6) is 5.75 Å². The van der Waals surface area contributed by atoms with Crippen molar-refractivity contribution in [3.8, 4) is 5.75 Å². The Morgan fingerprint density at radius 1 is 1.17 bits per heavy atom. The number of hydrogen-bond acceptors (Lipinski definition) is 5. The summed E-state index contributed by atoms with van der Waals surface area (Å²) in [5.41, 5.74) is 1.71. The maximum absolute atomic E-state index is 14.6. The summed E-state index contributed by atoms with van der Waals surface area (Å²) in [5, 5.41) is 0. The number of aryl methyl sites for hydroxylation is 1. The van der Waals surface area contributed by atoms with Gasteiger partial charge in [0.1, 0.15) is 11.6 Å². The molecule has 5 rings (SSSR count). The number of carbonyl (C=O) groups is 1. The lowest BCUT2D eigenvalue weighted by Crippen LogP contribution is -2.55. The maximum atomic E-state index is 14.6. The Kier molecular flexibility index (Phi) is 6.69. The van der Waals surface area contributed by atoms with Crippen LogP contribution in [0.2, 0.25) is 0 Å². The second-order valence-corrected chi connectivity index (χ2v) is 11.5. The summed E-state index contributed by atoms with van der Waals surface area (Å²) < 4.78 is 20.4. The number of amides is 1. The van der Waals surface area contributed by atoms with E-state index < -0.39 is 0 Å². The van der Waals surface area contributed by atoms with Gasteiger partial charge in [-0.15, -0.1) is 0 Å². The third kappa shape index (κ3) is 5.76. The number of anilines is 1. The van der Waals surface area contributed by atoms with E-state index in [1.807, 2.05) is 19.3 Å². The topological polar surface area (TPSA) is 58.6 Å². The zero-order valence-electron chi connectivity index (χ0n) is 21.2. The van der Waals surface area contributed by atoms with E-state index in [0.717, 1.165) is 55.9 Å². The molecule has 2 aromatic rings. The van der Waals surface area contributed by atoms with E-state index in [1.54, 1.807) is 17.0 Å². The molecule has 0 N–H and O–H groups in total. The van der Waals surface area contributed by atoms with Crippen molar-refractivity contribution in [1.29, 1.82) is 0 Å². The molecule has 1 aromatic carbocycles. The van der Waals surface area contributed by atoms with Crippen LogP contribution in [0.15, 0.2) is 30.6 Å². The first-order chi connectivity index (χ1) is 16.8. The average molecular weight is 481 g/mol. The Hall–Kier alpha value is -2.70. The molecule has 2 atom stereocenters. The Bertz CT molecular complexity index is 1040. The summed E-state index contributed by atoms with van der Waals surface area (Å²) >= 11 is 0. The second kappa shape index (κ2) is 9.75. The first-order valence-corrected chi connectivity index (χ1v) is 13.0. The minimum absolute atomic E-state index is 0.00565. The minimum atomic E-state index is -0.357. The zero-order chi connectivity index (χ0) is 24.6. The summed E-state index contributed by atoms with van der Waals surface area (Å²) in [4.78, 5) is 25.4. The molecule has 0 spiro atoms. The summed E-state index contributed by atoms with van der Waals surface area (Å²) in [7, 11) is 0. The van der Waals surface area contributed by atoms with Crippen LogP contribution >= 0.6 is 0 Å². The normalized spacial score (nSPS) is 23.7. The molecule has 0 radical (unpaired) electrons. The lowest BCUT2D eigenvalue weighted by atomic mass is 9.84. The predicted molar refractivity (Wildman–Crippen MR) is 134 cm³/mol. The molecule has 2 saturated heterocycles. The van der Waals surface area contributed by atoms with E-state index in [9.17, 15) is 9.18 Å². The average Bonchev–Trinajstić information content (AvgIpc) is 3.59. The van der Waals surface area contributed by atoms with Crippen LogP contribution in [0.4, 0.5) is 10.3 Å². The van der Waals surface area contributed by atoms with Gasteiger partial charge in [0.05, 0.1) is 13.0 Å². The Morgan fingerprint density at radius 2 is 1.89 bits per heavy atom. The quantitative estimate of drug-likeness (QED) is 0.550. The Morgan fingerprint density at radius 3 is 2.54 bits per heavy atom. The highest BCUT2D eigenvalue weighted by Crippen LogP contribution is 2.49. The van der Waals surface area contributed by atoms with Crippen molar-refractivity contribution < 1.29 is 13.9 Å². The summed E-state index contributed by atoms with van der Waals surface area (Å²) in [6.45, 7) is 10.4. The molecule has 1 aliphatic carbocycles. The maximum Gasteiger partial charge on any atom is 0.227 e. The lowest BCUT2D eigenvalue weighted by molar-refractivity contribution is -0.140. The number of likely N-dealkylation sites (tertiary alicyclic amines) is 1. The van der Waals surface area contributed by atoms with Crippen LogP contribution in [0.25, 0.3) is 0 Å². The van der Waals surface area contributed by atoms with Crippen molar-refractivity contribution in [2.75, 3.05) is 37.7 Å². The van der Waals surface area contributed by atoms with Crippen molar-refractivity contribution in [2.45, 2.75) is 52.9 Å². The fraction of sp³-hybridized carbons (Fsp3) is 0.607. The van der Waals surface area contributed by atoms with E-state index in [1.165, 1.54) is 25.3 Å². The second-order valence-electron chi connectivity index (χ2n) is 11.5. The number of halogens is 1. The summed E-state index contributed by atoms with van der Waals surface area (Å²) in [6, 6.07) is 4.91. The first kappa shape index (κ1) is 24.0. The summed E-state index contributed by atoms with van der Waals surface area (Å²) in [6.07, 6.45) is 8.56. The molecule has 6 nitrogen and oxygen atoms in total. The molecule has 1 aromatic heterocycles. The monoisotopic (exact) mass is 480 g/mol. The van der Waals surface area contributed by atoms with Gasteiger partial charge in [-0.05, 0) is 73.0 Å². The number of hydrogen-bond donors (Lipinski definition) is 0. The Labute approximate surface area is 207 Å². The van der Waals surface area contributed by atoms with Crippen molar-refractivity contribution in [3.05, 3.63) is 47.5 Å². The highest BCUT2D eigenvalue weighted by molar-refractivity contribution is 5.79. The van der Waals surface area contributed by atoms with Crippen LogP contribution in [-0.2, 0) is 11.2 Å². The molecule has 35 heavy (non-hydrogen) atoms. The van der Waals surface area contributed by atoms with Gasteiger partial charge in [0, 0.05) is 44.6 Å². The highest BCUT2D eigenvalue weighted by atomic mass is 19.1. The molecule has 188 valence electrons. The number of benzene rings is 1. The van der Waals surface area contributed by atoms with Crippen LogP contribution < -0.4 is 9.64 Å². The fourth-order valence-corrected chi connectivity index (χ4v) is 5.78. The SMILES string of the molecule is Cc1cnc(N2CCC([C@H]3C[C@H]3CCOc3ccc(CC(=O)N4CC(C)(C)C4)c(F)c3)CC2)nc1. The molecule has 1 amide bonds. The number of ether oxygens (including phenoxy) is 1. The molecule has 3 aliphatic rings. The molecule has 2 aliphatic heterocycles. The van der Waals surface area contributed by atoms with Crippen LogP contribution in [0.1, 0.15) is 50.7 Å². The van der Waals surface area contributed by atoms with Crippen molar-refractivity contribution in [3.63, 3.8) is 0 Å². The van der Waals surface area contributed by atoms with Gasteiger partial charge < -0.3 is 14.5 Å².